The SMILES string of the molecule is COc1cccc(C(=O)C#Cc2ccc(F)c(F)c2)c1. The summed E-state index contributed by atoms with van der Waals surface area (Å²) in [5.74, 6) is 3.06. The summed E-state index contributed by atoms with van der Waals surface area (Å²) in [6.07, 6.45) is 0. The summed E-state index contributed by atoms with van der Waals surface area (Å²) in [5.41, 5.74) is 0.611. The van der Waals surface area contributed by atoms with Crippen LogP contribution in [0.15, 0.2) is 42.5 Å². The van der Waals surface area contributed by atoms with Crippen LogP contribution in [0, 0.1) is 23.5 Å². The van der Waals surface area contributed by atoms with Gasteiger partial charge in [0.2, 0.25) is 5.78 Å². The lowest BCUT2D eigenvalue weighted by atomic mass is 10.1. The van der Waals surface area contributed by atoms with Crippen LogP contribution in [0.25, 0.3) is 0 Å². The van der Waals surface area contributed by atoms with Crippen molar-refractivity contribution in [1.29, 1.82) is 0 Å². The molecule has 4 heteroatoms. The van der Waals surface area contributed by atoms with Gasteiger partial charge in [-0.25, -0.2) is 8.78 Å². The largest absolute Gasteiger partial charge is 0.497 e. The normalized spacial score (nSPS) is 9.55. The summed E-state index contributed by atoms with van der Waals surface area (Å²) in [7, 11) is 1.50. The van der Waals surface area contributed by atoms with Gasteiger partial charge in [0, 0.05) is 11.1 Å². The molecule has 0 aliphatic rings. The monoisotopic (exact) mass is 272 g/mol. The molecule has 2 aromatic rings. The summed E-state index contributed by atoms with van der Waals surface area (Å²) in [5, 5.41) is 0. The van der Waals surface area contributed by atoms with Crippen molar-refractivity contribution in [2.75, 3.05) is 7.11 Å². The van der Waals surface area contributed by atoms with Crippen LogP contribution in [0.4, 0.5) is 8.78 Å². The van der Waals surface area contributed by atoms with E-state index in [1.807, 2.05) is 0 Å². The van der Waals surface area contributed by atoms with Crippen LogP contribution in [0.1, 0.15) is 15.9 Å². The van der Waals surface area contributed by atoms with Gasteiger partial charge >= 0.3 is 0 Å². The van der Waals surface area contributed by atoms with E-state index in [1.165, 1.54) is 13.2 Å². The van der Waals surface area contributed by atoms with Crippen molar-refractivity contribution >= 4 is 5.78 Å². The fourth-order valence-corrected chi connectivity index (χ4v) is 1.54. The Hall–Kier alpha value is -2.67. The van der Waals surface area contributed by atoms with Crippen molar-refractivity contribution in [3.63, 3.8) is 0 Å². The zero-order chi connectivity index (χ0) is 14.5. The van der Waals surface area contributed by atoms with Gasteiger partial charge in [0.25, 0.3) is 0 Å². The average molecular weight is 272 g/mol. The van der Waals surface area contributed by atoms with Gasteiger partial charge < -0.3 is 4.74 Å². The smallest absolute Gasteiger partial charge is 0.236 e. The first-order chi connectivity index (χ1) is 9.60. The highest BCUT2D eigenvalue weighted by Crippen LogP contribution is 2.13. The molecule has 0 atom stereocenters. The molecule has 0 radical (unpaired) electrons. The van der Waals surface area contributed by atoms with Gasteiger partial charge in [0.15, 0.2) is 11.6 Å². The topological polar surface area (TPSA) is 26.3 Å². The summed E-state index contributed by atoms with van der Waals surface area (Å²) < 4.78 is 30.7. The molecule has 0 unspecified atom stereocenters. The van der Waals surface area contributed by atoms with E-state index in [4.69, 9.17) is 4.74 Å². The zero-order valence-electron chi connectivity index (χ0n) is 10.6. The minimum atomic E-state index is -0.995. The molecule has 0 aromatic heterocycles. The second-order valence-corrected chi connectivity index (χ2v) is 3.94. The van der Waals surface area contributed by atoms with Gasteiger partial charge in [0.1, 0.15) is 5.75 Å². The summed E-state index contributed by atoms with van der Waals surface area (Å²) >= 11 is 0. The number of carbonyl (C=O) groups excluding carboxylic acids is 1. The summed E-state index contributed by atoms with van der Waals surface area (Å²) in [4.78, 5) is 11.8. The summed E-state index contributed by atoms with van der Waals surface area (Å²) in [6, 6.07) is 9.76. The Morgan fingerprint density at radius 1 is 1.10 bits per heavy atom. The van der Waals surface area contributed by atoms with Crippen molar-refractivity contribution in [2.45, 2.75) is 0 Å². The van der Waals surface area contributed by atoms with Gasteiger partial charge in [0.05, 0.1) is 7.11 Å². The summed E-state index contributed by atoms with van der Waals surface area (Å²) in [6.45, 7) is 0. The van der Waals surface area contributed by atoms with Crippen molar-refractivity contribution in [3.8, 4) is 17.6 Å². The van der Waals surface area contributed by atoms with Gasteiger partial charge in [-0.2, -0.15) is 0 Å². The highest BCUT2D eigenvalue weighted by molar-refractivity contribution is 6.09. The molecule has 2 nitrogen and oxygen atoms in total. The van der Waals surface area contributed by atoms with E-state index in [1.54, 1.807) is 24.3 Å². The van der Waals surface area contributed by atoms with E-state index in [-0.39, 0.29) is 5.56 Å². The number of methoxy groups -OCH3 is 1. The predicted octanol–water partition coefficient (Wildman–Crippen LogP) is 3.21. The number of hydrogen-bond acceptors (Lipinski definition) is 2. The highest BCUT2D eigenvalue weighted by Gasteiger charge is 2.04. The lowest BCUT2D eigenvalue weighted by Crippen LogP contribution is -1.96. The lowest BCUT2D eigenvalue weighted by molar-refractivity contribution is 0.105. The van der Waals surface area contributed by atoms with Crippen molar-refractivity contribution in [3.05, 3.63) is 65.2 Å². The third kappa shape index (κ3) is 3.21. The molecule has 0 fully saturated rings. The fraction of sp³-hybridized carbons (Fsp3) is 0.0625. The van der Waals surface area contributed by atoms with Gasteiger partial charge in [-0.05, 0) is 36.3 Å². The second kappa shape index (κ2) is 5.98. The number of rotatable bonds is 2. The van der Waals surface area contributed by atoms with Crippen LogP contribution in [-0.2, 0) is 0 Å². The number of halogens is 2. The fourth-order valence-electron chi connectivity index (χ4n) is 1.54. The minimum Gasteiger partial charge on any atom is -0.497 e. The Bertz CT molecular complexity index is 712. The van der Waals surface area contributed by atoms with Crippen LogP contribution in [0.2, 0.25) is 0 Å². The van der Waals surface area contributed by atoms with Crippen molar-refractivity contribution in [1.82, 2.24) is 0 Å². The third-order valence-electron chi connectivity index (χ3n) is 2.57. The Morgan fingerprint density at radius 3 is 2.60 bits per heavy atom. The maximum atomic E-state index is 13.0. The number of ketones is 1. The molecule has 0 bridgehead atoms. The molecular formula is C16H10F2O2. The first-order valence-electron chi connectivity index (χ1n) is 5.75. The Balaban J connectivity index is 2.23. The Morgan fingerprint density at radius 2 is 1.90 bits per heavy atom. The molecule has 0 aliphatic heterocycles. The Kier molecular flexibility index (Phi) is 4.11. The van der Waals surface area contributed by atoms with E-state index in [0.717, 1.165) is 12.1 Å². The quantitative estimate of drug-likeness (QED) is 0.620. The van der Waals surface area contributed by atoms with Crippen LogP contribution >= 0.6 is 0 Å². The molecule has 0 heterocycles. The van der Waals surface area contributed by atoms with Crippen molar-refractivity contribution in [2.24, 2.45) is 0 Å². The first kappa shape index (κ1) is 13.8. The number of hydrogen-bond donors (Lipinski definition) is 0. The number of Topliss-reactive ketones (excluding diaryl/α,β-unsaturated/α-hetero) is 1. The molecule has 0 amide bonds. The van der Waals surface area contributed by atoms with Crippen LogP contribution < -0.4 is 4.74 Å². The number of benzene rings is 2. The van der Waals surface area contributed by atoms with E-state index in [9.17, 15) is 13.6 Å². The first-order valence-corrected chi connectivity index (χ1v) is 5.75. The van der Waals surface area contributed by atoms with E-state index < -0.39 is 17.4 Å². The van der Waals surface area contributed by atoms with Gasteiger partial charge in [-0.15, -0.1) is 0 Å². The maximum absolute atomic E-state index is 13.0. The van der Waals surface area contributed by atoms with E-state index in [0.29, 0.717) is 11.3 Å². The molecule has 2 rings (SSSR count). The number of carbonyl (C=O) groups is 1. The molecule has 20 heavy (non-hydrogen) atoms. The molecule has 0 N–H and O–H groups in total. The predicted molar refractivity (Wildman–Crippen MR) is 70.6 cm³/mol. The van der Waals surface area contributed by atoms with E-state index >= 15 is 0 Å². The number of ether oxygens (including phenoxy) is 1. The second-order valence-electron chi connectivity index (χ2n) is 3.94. The minimum absolute atomic E-state index is 0.236. The standard InChI is InChI=1S/C16H10F2O2/c1-20-13-4-2-3-12(10-13)16(19)8-6-11-5-7-14(17)15(18)9-11/h2-5,7,9-10H,1H3. The Labute approximate surface area is 115 Å². The molecule has 100 valence electrons. The average Bonchev–Trinajstić information content (AvgIpc) is 2.48. The lowest BCUT2D eigenvalue weighted by Gasteiger charge is -1.99. The van der Waals surface area contributed by atoms with Gasteiger partial charge in [-0.1, -0.05) is 18.1 Å². The van der Waals surface area contributed by atoms with E-state index in [2.05, 4.69) is 11.8 Å². The van der Waals surface area contributed by atoms with Crippen LogP contribution in [0.5, 0.6) is 5.75 Å². The molecule has 0 saturated carbocycles. The highest BCUT2D eigenvalue weighted by atomic mass is 19.2. The molecule has 2 aromatic carbocycles. The maximum Gasteiger partial charge on any atom is 0.236 e. The molecule has 0 spiro atoms. The zero-order valence-corrected chi connectivity index (χ0v) is 10.6. The molecule has 0 saturated heterocycles. The van der Waals surface area contributed by atoms with Crippen molar-refractivity contribution < 1.29 is 18.3 Å². The molecular weight excluding hydrogens is 262 g/mol. The van der Waals surface area contributed by atoms with Crippen LogP contribution in [0.3, 0.4) is 0 Å². The molecule has 0 aliphatic carbocycles. The third-order valence-corrected chi connectivity index (χ3v) is 2.57. The van der Waals surface area contributed by atoms with Gasteiger partial charge in [-0.3, -0.25) is 4.79 Å². The van der Waals surface area contributed by atoms with Crippen LogP contribution in [-0.4, -0.2) is 12.9 Å².